The van der Waals surface area contributed by atoms with E-state index in [0.29, 0.717) is 17.5 Å². The summed E-state index contributed by atoms with van der Waals surface area (Å²) < 4.78 is 27.4. The average molecular weight is 308 g/mol. The van der Waals surface area contributed by atoms with Crippen LogP contribution in [-0.2, 0) is 16.6 Å². The molecule has 2 aliphatic rings. The van der Waals surface area contributed by atoms with E-state index in [9.17, 15) is 8.42 Å². The first kappa shape index (κ1) is 15.0. The van der Waals surface area contributed by atoms with Gasteiger partial charge in [-0.2, -0.15) is 4.31 Å². The van der Waals surface area contributed by atoms with Crippen LogP contribution in [0.3, 0.4) is 0 Å². The molecule has 0 aromatic heterocycles. The lowest BCUT2D eigenvalue weighted by Crippen LogP contribution is -2.33. The molecule has 1 N–H and O–H groups in total. The number of hydrogen-bond acceptors (Lipinski definition) is 3. The van der Waals surface area contributed by atoms with Crippen LogP contribution < -0.4 is 5.32 Å². The van der Waals surface area contributed by atoms with E-state index in [-0.39, 0.29) is 6.04 Å². The van der Waals surface area contributed by atoms with Gasteiger partial charge in [-0.05, 0) is 49.8 Å². The summed E-state index contributed by atoms with van der Waals surface area (Å²) in [7, 11) is -3.36. The molecule has 0 atom stereocenters. The minimum atomic E-state index is -3.36. The number of sulfonamides is 1. The zero-order chi connectivity index (χ0) is 15.0. The third-order valence-electron chi connectivity index (χ3n) is 4.28. The molecule has 2 aliphatic carbocycles. The van der Waals surface area contributed by atoms with Gasteiger partial charge in [0.1, 0.15) is 0 Å². The summed E-state index contributed by atoms with van der Waals surface area (Å²) in [4.78, 5) is 0.478. The Hall–Kier alpha value is -0.910. The van der Waals surface area contributed by atoms with Crippen molar-refractivity contribution in [3.63, 3.8) is 0 Å². The third kappa shape index (κ3) is 3.30. The normalized spacial score (nSPS) is 19.2. The van der Waals surface area contributed by atoms with Crippen molar-refractivity contribution in [2.45, 2.75) is 63.1 Å². The largest absolute Gasteiger partial charge is 0.310 e. The second-order valence-corrected chi connectivity index (χ2v) is 8.05. The second kappa shape index (κ2) is 5.71. The van der Waals surface area contributed by atoms with E-state index in [4.69, 9.17) is 0 Å². The molecular weight excluding hydrogens is 284 g/mol. The molecule has 0 radical (unpaired) electrons. The molecule has 1 aromatic rings. The minimum absolute atomic E-state index is 0.215. The molecule has 0 aliphatic heterocycles. The Morgan fingerprint density at radius 2 is 1.95 bits per heavy atom. The predicted octanol–water partition coefficient (Wildman–Crippen LogP) is 2.42. The zero-order valence-electron chi connectivity index (χ0n) is 12.8. The molecule has 116 valence electrons. The van der Waals surface area contributed by atoms with Crippen molar-refractivity contribution in [2.24, 2.45) is 0 Å². The number of nitrogens with zero attached hydrogens (tertiary/aromatic N) is 1. The van der Waals surface area contributed by atoms with Gasteiger partial charge in [-0.3, -0.25) is 0 Å². The molecule has 21 heavy (non-hydrogen) atoms. The summed E-state index contributed by atoms with van der Waals surface area (Å²) >= 11 is 0. The maximum absolute atomic E-state index is 12.9. The van der Waals surface area contributed by atoms with Crippen LogP contribution in [-0.4, -0.2) is 31.4 Å². The molecule has 0 unspecified atom stereocenters. The van der Waals surface area contributed by atoms with Gasteiger partial charge in [-0.1, -0.05) is 19.1 Å². The summed E-state index contributed by atoms with van der Waals surface area (Å²) in [5.74, 6) is 0. The second-order valence-electron chi connectivity index (χ2n) is 6.19. The summed E-state index contributed by atoms with van der Waals surface area (Å²) in [5, 5.41) is 3.44. The Bertz CT molecular complexity index is 619. The van der Waals surface area contributed by atoms with Gasteiger partial charge < -0.3 is 5.32 Å². The molecule has 0 bridgehead atoms. The molecule has 0 saturated heterocycles. The van der Waals surface area contributed by atoms with E-state index in [2.05, 4.69) is 5.32 Å². The maximum Gasteiger partial charge on any atom is 0.243 e. The summed E-state index contributed by atoms with van der Waals surface area (Å²) in [6, 6.07) is 6.65. The van der Waals surface area contributed by atoms with E-state index in [1.165, 1.54) is 12.8 Å². The molecule has 3 rings (SSSR count). The fourth-order valence-electron chi connectivity index (χ4n) is 2.70. The average Bonchev–Trinajstić information content (AvgIpc) is 3.32. The predicted molar refractivity (Wildman–Crippen MR) is 83.6 cm³/mol. The lowest BCUT2D eigenvalue weighted by Gasteiger charge is -2.21. The van der Waals surface area contributed by atoms with Crippen LogP contribution in [0, 0.1) is 6.92 Å². The molecule has 4 nitrogen and oxygen atoms in total. The molecule has 2 saturated carbocycles. The van der Waals surface area contributed by atoms with Crippen LogP contribution in [0.5, 0.6) is 0 Å². The van der Waals surface area contributed by atoms with Gasteiger partial charge >= 0.3 is 0 Å². The molecular formula is C16H24N2O2S. The Morgan fingerprint density at radius 3 is 2.52 bits per heavy atom. The number of aryl methyl sites for hydroxylation is 1. The first-order valence-corrected chi connectivity index (χ1v) is 9.31. The van der Waals surface area contributed by atoms with E-state index < -0.39 is 10.0 Å². The SMILES string of the molecule is CCN(C1CC1)S(=O)(=O)c1cc(CNC2CC2)ccc1C. The fourth-order valence-corrected chi connectivity index (χ4v) is 4.67. The number of hydrogen-bond donors (Lipinski definition) is 1. The number of nitrogens with one attached hydrogen (secondary N) is 1. The van der Waals surface area contributed by atoms with Crippen LogP contribution in [0.4, 0.5) is 0 Å². The van der Waals surface area contributed by atoms with Gasteiger partial charge in [0.05, 0.1) is 4.90 Å². The van der Waals surface area contributed by atoms with Crippen molar-refractivity contribution in [1.82, 2.24) is 9.62 Å². The fraction of sp³-hybridized carbons (Fsp3) is 0.625. The monoisotopic (exact) mass is 308 g/mol. The van der Waals surface area contributed by atoms with Gasteiger partial charge in [-0.15, -0.1) is 0 Å². The highest BCUT2D eigenvalue weighted by molar-refractivity contribution is 7.89. The quantitative estimate of drug-likeness (QED) is 0.841. The maximum atomic E-state index is 12.9. The van der Waals surface area contributed by atoms with Crippen molar-refractivity contribution in [1.29, 1.82) is 0 Å². The highest BCUT2D eigenvalue weighted by Crippen LogP contribution is 2.33. The molecule has 0 amide bonds. The molecule has 1 aromatic carbocycles. The Balaban J connectivity index is 1.86. The Kier molecular flexibility index (Phi) is 4.08. The van der Waals surface area contributed by atoms with Crippen LogP contribution in [0.25, 0.3) is 0 Å². The third-order valence-corrected chi connectivity index (χ3v) is 6.45. The lowest BCUT2D eigenvalue weighted by molar-refractivity contribution is 0.420. The van der Waals surface area contributed by atoms with Crippen LogP contribution >= 0.6 is 0 Å². The number of rotatable bonds is 7. The summed E-state index contributed by atoms with van der Waals surface area (Å²) in [6.45, 7) is 5.11. The van der Waals surface area contributed by atoms with Gasteiger partial charge in [0.15, 0.2) is 0 Å². The lowest BCUT2D eigenvalue weighted by atomic mass is 10.1. The van der Waals surface area contributed by atoms with Gasteiger partial charge in [0.2, 0.25) is 10.0 Å². The topological polar surface area (TPSA) is 49.4 Å². The van der Waals surface area contributed by atoms with Crippen molar-refractivity contribution < 1.29 is 8.42 Å². The van der Waals surface area contributed by atoms with Crippen molar-refractivity contribution in [3.05, 3.63) is 29.3 Å². The van der Waals surface area contributed by atoms with E-state index in [0.717, 1.165) is 30.5 Å². The van der Waals surface area contributed by atoms with Gasteiger partial charge in [0.25, 0.3) is 0 Å². The highest BCUT2D eigenvalue weighted by atomic mass is 32.2. The molecule has 0 heterocycles. The minimum Gasteiger partial charge on any atom is -0.310 e. The number of benzene rings is 1. The summed E-state index contributed by atoms with van der Waals surface area (Å²) in [5.41, 5.74) is 1.89. The standard InChI is InChI=1S/C16H24N2O2S/c1-3-18(15-8-9-15)21(19,20)16-10-13(5-4-12(16)2)11-17-14-6-7-14/h4-5,10,14-15,17H,3,6-9,11H2,1-2H3. The van der Waals surface area contributed by atoms with Crippen molar-refractivity contribution in [3.8, 4) is 0 Å². The molecule has 2 fully saturated rings. The Labute approximate surface area is 127 Å². The zero-order valence-corrected chi connectivity index (χ0v) is 13.6. The molecule has 0 spiro atoms. The first-order valence-electron chi connectivity index (χ1n) is 7.87. The summed E-state index contributed by atoms with van der Waals surface area (Å²) in [6.07, 6.45) is 4.47. The smallest absolute Gasteiger partial charge is 0.243 e. The first-order chi connectivity index (χ1) is 10.0. The molecule has 5 heteroatoms. The van der Waals surface area contributed by atoms with Crippen molar-refractivity contribution in [2.75, 3.05) is 6.54 Å². The van der Waals surface area contributed by atoms with E-state index in [1.807, 2.05) is 32.0 Å². The highest BCUT2D eigenvalue weighted by Gasteiger charge is 2.37. The van der Waals surface area contributed by atoms with E-state index >= 15 is 0 Å². The van der Waals surface area contributed by atoms with Gasteiger partial charge in [0, 0.05) is 25.2 Å². The van der Waals surface area contributed by atoms with Crippen LogP contribution in [0.15, 0.2) is 23.1 Å². The van der Waals surface area contributed by atoms with Crippen molar-refractivity contribution >= 4 is 10.0 Å². The van der Waals surface area contributed by atoms with E-state index in [1.54, 1.807) is 4.31 Å². The Morgan fingerprint density at radius 1 is 1.24 bits per heavy atom. The van der Waals surface area contributed by atoms with Crippen LogP contribution in [0.1, 0.15) is 43.7 Å². The van der Waals surface area contributed by atoms with Gasteiger partial charge in [-0.25, -0.2) is 8.42 Å². The van der Waals surface area contributed by atoms with Crippen LogP contribution in [0.2, 0.25) is 0 Å².